The minimum Gasteiger partial charge on any atom is -0.310 e. The first-order valence-electron chi connectivity index (χ1n) is 19.6. The van der Waals surface area contributed by atoms with E-state index in [0.717, 1.165) is 17.1 Å². The Morgan fingerprint density at radius 2 is 0.596 bits per heavy atom. The molecule has 0 aromatic heterocycles. The fourth-order valence-corrected chi connectivity index (χ4v) is 8.14. The van der Waals surface area contributed by atoms with Crippen LogP contribution in [0.5, 0.6) is 0 Å². The van der Waals surface area contributed by atoms with Crippen LogP contribution >= 0.6 is 0 Å². The first-order valence-corrected chi connectivity index (χ1v) is 19.6. The highest BCUT2D eigenvalue weighted by molar-refractivity contribution is 6.09. The average Bonchev–Trinajstić information content (AvgIpc) is 3.30. The maximum atomic E-state index is 2.34. The summed E-state index contributed by atoms with van der Waals surface area (Å²) in [6, 6.07) is 85.5. The molecule has 0 atom stereocenters. The van der Waals surface area contributed by atoms with Gasteiger partial charge in [0.05, 0.1) is 0 Å². The van der Waals surface area contributed by atoms with Crippen LogP contribution in [0.25, 0.3) is 77.2 Å². The minimum absolute atomic E-state index is 1.12. The van der Waals surface area contributed by atoms with Gasteiger partial charge in [0, 0.05) is 17.1 Å². The lowest BCUT2D eigenvalue weighted by Gasteiger charge is -2.26. The zero-order valence-corrected chi connectivity index (χ0v) is 31.5. The molecule has 0 N–H and O–H groups in total. The van der Waals surface area contributed by atoms with Crippen LogP contribution < -0.4 is 4.90 Å². The molecule has 0 radical (unpaired) electrons. The molecule has 10 aromatic carbocycles. The van der Waals surface area contributed by atoms with Crippen molar-refractivity contribution < 1.29 is 0 Å². The van der Waals surface area contributed by atoms with E-state index in [4.69, 9.17) is 0 Å². The molecule has 0 bridgehead atoms. The van der Waals surface area contributed by atoms with Gasteiger partial charge in [-0.25, -0.2) is 0 Å². The van der Waals surface area contributed by atoms with Gasteiger partial charge in [0.25, 0.3) is 0 Å². The molecule has 57 heavy (non-hydrogen) atoms. The Kier molecular flexibility index (Phi) is 8.95. The number of anilines is 3. The second-order valence-corrected chi connectivity index (χ2v) is 14.6. The second kappa shape index (κ2) is 15.0. The molecule has 268 valence electrons. The quantitative estimate of drug-likeness (QED) is 0.141. The van der Waals surface area contributed by atoms with Gasteiger partial charge in [-0.1, -0.05) is 188 Å². The molecule has 0 saturated carbocycles. The van der Waals surface area contributed by atoms with Gasteiger partial charge in [-0.15, -0.1) is 0 Å². The van der Waals surface area contributed by atoms with Gasteiger partial charge in [-0.3, -0.25) is 0 Å². The number of benzene rings is 10. The molecule has 0 unspecified atom stereocenters. The highest BCUT2D eigenvalue weighted by Crippen LogP contribution is 2.40. The van der Waals surface area contributed by atoms with Crippen molar-refractivity contribution in [3.63, 3.8) is 0 Å². The summed E-state index contributed by atoms with van der Waals surface area (Å²) in [6.07, 6.45) is 0. The number of rotatable bonds is 8. The zero-order valence-electron chi connectivity index (χ0n) is 31.5. The van der Waals surface area contributed by atoms with Crippen LogP contribution in [0.3, 0.4) is 0 Å². The molecule has 10 rings (SSSR count). The lowest BCUT2D eigenvalue weighted by atomic mass is 9.90. The van der Waals surface area contributed by atoms with E-state index >= 15 is 0 Å². The van der Waals surface area contributed by atoms with Crippen molar-refractivity contribution in [2.75, 3.05) is 4.90 Å². The molecule has 0 spiro atoms. The van der Waals surface area contributed by atoms with Gasteiger partial charge >= 0.3 is 0 Å². The summed E-state index contributed by atoms with van der Waals surface area (Å²) in [4.78, 5) is 2.34. The Balaban J connectivity index is 0.975. The average molecular weight is 726 g/mol. The van der Waals surface area contributed by atoms with Crippen LogP contribution in [0.1, 0.15) is 0 Å². The van der Waals surface area contributed by atoms with E-state index in [2.05, 4.69) is 241 Å². The van der Waals surface area contributed by atoms with Crippen LogP contribution in [-0.4, -0.2) is 0 Å². The van der Waals surface area contributed by atoms with E-state index in [-0.39, 0.29) is 0 Å². The van der Waals surface area contributed by atoms with Crippen molar-refractivity contribution in [1.29, 1.82) is 0 Å². The summed E-state index contributed by atoms with van der Waals surface area (Å²) < 4.78 is 0. The Hall–Kier alpha value is -7.48. The third kappa shape index (κ3) is 6.77. The largest absolute Gasteiger partial charge is 0.310 e. The number of hydrogen-bond donors (Lipinski definition) is 0. The number of para-hydroxylation sites is 1. The van der Waals surface area contributed by atoms with Gasteiger partial charge in [-0.2, -0.15) is 0 Å². The van der Waals surface area contributed by atoms with Gasteiger partial charge < -0.3 is 4.90 Å². The van der Waals surface area contributed by atoms with Crippen molar-refractivity contribution in [2.24, 2.45) is 0 Å². The molecule has 0 heterocycles. The summed E-state index contributed by atoms with van der Waals surface area (Å²) in [5, 5.41) is 4.95. The fourth-order valence-electron chi connectivity index (χ4n) is 8.14. The summed E-state index contributed by atoms with van der Waals surface area (Å²) in [6.45, 7) is 0. The van der Waals surface area contributed by atoms with Crippen molar-refractivity contribution in [3.8, 4) is 55.6 Å². The van der Waals surface area contributed by atoms with Crippen LogP contribution in [0.15, 0.2) is 237 Å². The van der Waals surface area contributed by atoms with E-state index in [1.54, 1.807) is 0 Å². The Morgan fingerprint density at radius 3 is 1.25 bits per heavy atom. The van der Waals surface area contributed by atoms with Crippen LogP contribution in [0.2, 0.25) is 0 Å². The maximum Gasteiger partial charge on any atom is 0.0468 e. The monoisotopic (exact) mass is 725 g/mol. The Labute approximate surface area is 334 Å². The first kappa shape index (κ1) is 34.0. The van der Waals surface area contributed by atoms with Gasteiger partial charge in [0.1, 0.15) is 0 Å². The van der Waals surface area contributed by atoms with E-state index in [9.17, 15) is 0 Å². The lowest BCUT2D eigenvalue weighted by Crippen LogP contribution is -2.09. The molecule has 0 aliphatic heterocycles. The van der Waals surface area contributed by atoms with E-state index in [0.29, 0.717) is 0 Å². The molecule has 1 heteroatoms. The lowest BCUT2D eigenvalue weighted by molar-refractivity contribution is 1.29. The minimum atomic E-state index is 1.12. The maximum absolute atomic E-state index is 2.34. The van der Waals surface area contributed by atoms with Crippen molar-refractivity contribution in [1.82, 2.24) is 0 Å². The molecule has 0 aliphatic carbocycles. The summed E-state index contributed by atoms with van der Waals surface area (Å²) in [7, 11) is 0. The van der Waals surface area contributed by atoms with Gasteiger partial charge in [-0.05, 0) is 126 Å². The van der Waals surface area contributed by atoms with Gasteiger partial charge in [0.15, 0.2) is 0 Å². The second-order valence-electron chi connectivity index (χ2n) is 14.6. The molecule has 0 saturated heterocycles. The predicted molar refractivity (Wildman–Crippen MR) is 243 cm³/mol. The van der Waals surface area contributed by atoms with Crippen molar-refractivity contribution in [3.05, 3.63) is 237 Å². The number of hydrogen-bond acceptors (Lipinski definition) is 1. The van der Waals surface area contributed by atoms with Crippen LogP contribution in [0.4, 0.5) is 17.1 Å². The van der Waals surface area contributed by atoms with Crippen LogP contribution in [0, 0.1) is 0 Å². The van der Waals surface area contributed by atoms with E-state index in [1.165, 1.54) is 77.2 Å². The summed E-state index contributed by atoms with van der Waals surface area (Å²) >= 11 is 0. The highest BCUT2D eigenvalue weighted by atomic mass is 15.1. The highest BCUT2D eigenvalue weighted by Gasteiger charge is 2.15. The smallest absolute Gasteiger partial charge is 0.0468 e. The topological polar surface area (TPSA) is 3.24 Å². The standard InChI is InChI=1S/C56H39N/c1-5-13-40(14-6-1)42-27-31-51(32-28-42)57(50-19-11-4-12-20-50)52-33-36-55-49(38-52)26-25-48-37-46(29-35-54(48)55)43-21-23-45(24-22-43)56-39-47(41-15-7-2-8-16-41)30-34-53(56)44-17-9-3-10-18-44/h1-39H. The van der Waals surface area contributed by atoms with Crippen molar-refractivity contribution in [2.45, 2.75) is 0 Å². The molecule has 10 aromatic rings. The Morgan fingerprint density at radius 1 is 0.211 bits per heavy atom. The van der Waals surface area contributed by atoms with E-state index < -0.39 is 0 Å². The molecular formula is C56H39N. The van der Waals surface area contributed by atoms with Gasteiger partial charge in [0.2, 0.25) is 0 Å². The van der Waals surface area contributed by atoms with Crippen molar-refractivity contribution >= 4 is 38.6 Å². The molecule has 0 fully saturated rings. The third-order valence-electron chi connectivity index (χ3n) is 11.1. The predicted octanol–water partition coefficient (Wildman–Crippen LogP) is 15.8. The molecule has 0 amide bonds. The molecule has 1 nitrogen and oxygen atoms in total. The SMILES string of the molecule is c1ccc(-c2ccc(N(c3ccccc3)c3ccc4c(ccc5cc(-c6ccc(-c7cc(-c8ccccc8)ccc7-c7ccccc7)cc6)ccc54)c3)cc2)cc1. The third-order valence-corrected chi connectivity index (χ3v) is 11.1. The summed E-state index contributed by atoms with van der Waals surface area (Å²) in [5.41, 5.74) is 15.5. The van der Waals surface area contributed by atoms with Crippen LogP contribution in [-0.2, 0) is 0 Å². The number of fused-ring (bicyclic) bond motifs is 3. The Bertz CT molecular complexity index is 2950. The fraction of sp³-hybridized carbons (Fsp3) is 0. The zero-order chi connectivity index (χ0) is 38.0. The normalized spacial score (nSPS) is 11.2. The number of nitrogens with zero attached hydrogens (tertiary/aromatic N) is 1. The molecular weight excluding hydrogens is 687 g/mol. The summed E-state index contributed by atoms with van der Waals surface area (Å²) in [5.74, 6) is 0. The first-order chi connectivity index (χ1) is 28.2. The van der Waals surface area contributed by atoms with E-state index in [1.807, 2.05) is 0 Å². The molecule has 0 aliphatic rings.